The highest BCUT2D eigenvalue weighted by Gasteiger charge is 1.70. The Morgan fingerprint density at radius 2 is 1.25 bits per heavy atom. The molecular formula is C7H8N. The van der Waals surface area contributed by atoms with E-state index in [1.165, 1.54) is 0 Å². The van der Waals surface area contributed by atoms with Gasteiger partial charge in [0.15, 0.2) is 0 Å². The summed E-state index contributed by atoms with van der Waals surface area (Å²) in [5.41, 5.74) is 0. The minimum Gasteiger partial charge on any atom is -0.0807 e. The van der Waals surface area contributed by atoms with Gasteiger partial charge in [-0.05, 0) is 6.42 Å². The van der Waals surface area contributed by atoms with Crippen LogP contribution in [0.4, 0.5) is 0 Å². The second-order valence-corrected chi connectivity index (χ2v) is 1.48. The second kappa shape index (κ2) is 4.34. The first-order valence-electron chi connectivity index (χ1n) is 2.48. The smallest absolute Gasteiger partial charge is 0 e. The molecule has 1 heteroatoms. The largest absolute Gasteiger partial charge is 0.0807 e. The minimum absolute atomic E-state index is 0. The van der Waals surface area contributed by atoms with Crippen LogP contribution in [0.1, 0.15) is 6.42 Å². The molecule has 0 atom stereocenters. The zero-order valence-corrected chi connectivity index (χ0v) is 4.62. The van der Waals surface area contributed by atoms with Crippen molar-refractivity contribution in [1.82, 2.24) is 6.15 Å². The zero-order chi connectivity index (χ0) is 4.95. The van der Waals surface area contributed by atoms with Gasteiger partial charge >= 0.3 is 0 Å². The summed E-state index contributed by atoms with van der Waals surface area (Å²) in [6.07, 6.45) is 13.5. The van der Waals surface area contributed by atoms with E-state index in [-0.39, 0.29) is 6.15 Å². The maximum Gasteiger partial charge on any atom is 0 e. The Balaban J connectivity index is 0.000000490. The van der Waals surface area contributed by atoms with Gasteiger partial charge in [-0.2, -0.15) is 0 Å². The van der Waals surface area contributed by atoms with Crippen molar-refractivity contribution in [2.75, 3.05) is 0 Å². The highest BCUT2D eigenvalue weighted by molar-refractivity contribution is 5.16. The number of allylic oxidation sites excluding steroid dienone is 6. The van der Waals surface area contributed by atoms with Crippen LogP contribution in [0, 0.1) is 0 Å². The van der Waals surface area contributed by atoms with Crippen LogP contribution in [0.3, 0.4) is 0 Å². The Morgan fingerprint density at radius 3 is 1.75 bits per heavy atom. The van der Waals surface area contributed by atoms with Gasteiger partial charge < -0.3 is 0 Å². The summed E-state index contributed by atoms with van der Waals surface area (Å²) in [5.74, 6) is 0. The summed E-state index contributed by atoms with van der Waals surface area (Å²) in [7, 11) is 0. The topological polar surface area (TPSA) is 30.5 Å². The third kappa shape index (κ3) is 2.37. The first kappa shape index (κ1) is 7.18. The molecule has 1 aliphatic carbocycles. The third-order valence-electron chi connectivity index (χ3n) is 0.878. The van der Waals surface area contributed by atoms with Crippen LogP contribution < -0.4 is 6.15 Å². The van der Waals surface area contributed by atoms with E-state index in [9.17, 15) is 0 Å². The third-order valence-corrected chi connectivity index (χ3v) is 0.878. The minimum atomic E-state index is 0. The summed E-state index contributed by atoms with van der Waals surface area (Å²) >= 11 is 0. The van der Waals surface area contributed by atoms with E-state index in [0.29, 0.717) is 0 Å². The molecule has 0 fully saturated rings. The van der Waals surface area contributed by atoms with Crippen molar-refractivity contribution in [2.24, 2.45) is 0 Å². The van der Waals surface area contributed by atoms with Crippen LogP contribution in [0.5, 0.6) is 0 Å². The molecule has 0 aromatic rings. The van der Waals surface area contributed by atoms with Crippen LogP contribution in [0.15, 0.2) is 36.5 Å². The molecule has 0 heterocycles. The molecule has 0 aromatic heterocycles. The van der Waals surface area contributed by atoms with Crippen LogP contribution >= 0.6 is 0 Å². The lowest BCUT2D eigenvalue weighted by Crippen LogP contribution is -1.48. The van der Waals surface area contributed by atoms with E-state index in [0.717, 1.165) is 6.42 Å². The number of hydrogen-bond acceptors (Lipinski definition) is 0. The molecular weight excluding hydrogens is 98.1 g/mol. The Kier molecular flexibility index (Phi) is 3.90. The van der Waals surface area contributed by atoms with Gasteiger partial charge in [0.05, 0.1) is 0 Å². The zero-order valence-electron chi connectivity index (χ0n) is 4.62. The molecule has 0 amide bonds. The monoisotopic (exact) mass is 106 g/mol. The molecule has 0 spiro atoms. The average molecular weight is 106 g/mol. The van der Waals surface area contributed by atoms with Crippen LogP contribution in [-0.2, 0) is 0 Å². The van der Waals surface area contributed by atoms with Crippen molar-refractivity contribution in [3.05, 3.63) is 36.5 Å². The maximum atomic E-state index is 2.12. The first-order chi connectivity index (χ1) is 3.50. The van der Waals surface area contributed by atoms with Crippen molar-refractivity contribution < 1.29 is 0 Å². The molecule has 1 nitrogen and oxygen atoms in total. The van der Waals surface area contributed by atoms with Crippen molar-refractivity contribution in [1.29, 1.82) is 0 Å². The molecule has 0 aliphatic heterocycles. The molecule has 8 heavy (non-hydrogen) atoms. The van der Waals surface area contributed by atoms with Gasteiger partial charge in [0.25, 0.3) is 0 Å². The summed E-state index contributed by atoms with van der Waals surface area (Å²) in [5, 5.41) is 0. The van der Waals surface area contributed by atoms with Gasteiger partial charge in [-0.3, -0.25) is 0 Å². The summed E-state index contributed by atoms with van der Waals surface area (Å²) in [6, 6.07) is 0. The van der Waals surface area contributed by atoms with Crippen molar-refractivity contribution >= 4 is 0 Å². The van der Waals surface area contributed by atoms with E-state index < -0.39 is 0 Å². The van der Waals surface area contributed by atoms with E-state index in [1.807, 2.05) is 12.2 Å². The Bertz CT molecular complexity index is 106. The number of rotatable bonds is 0. The van der Waals surface area contributed by atoms with E-state index >= 15 is 0 Å². The van der Waals surface area contributed by atoms with Gasteiger partial charge in [-0.1, -0.05) is 36.5 Å². The Labute approximate surface area is 50.0 Å². The normalized spacial score (nSPS) is 15.0. The SMILES string of the molecule is C1=CC=CCC=C1.[N]. The quantitative estimate of drug-likeness (QED) is 0.449. The lowest BCUT2D eigenvalue weighted by molar-refractivity contribution is 1.41. The molecule has 0 aromatic carbocycles. The average Bonchev–Trinajstić information content (AvgIpc) is 1.90. The summed E-state index contributed by atoms with van der Waals surface area (Å²) in [6.45, 7) is 0. The molecule has 0 N–H and O–H groups in total. The maximum absolute atomic E-state index is 2.12. The Morgan fingerprint density at radius 1 is 0.750 bits per heavy atom. The fourth-order valence-electron chi connectivity index (χ4n) is 0.521. The van der Waals surface area contributed by atoms with Crippen molar-refractivity contribution in [2.45, 2.75) is 6.42 Å². The van der Waals surface area contributed by atoms with Gasteiger partial charge in [0.2, 0.25) is 0 Å². The number of hydrogen-bond donors (Lipinski definition) is 0. The summed E-state index contributed by atoms with van der Waals surface area (Å²) in [4.78, 5) is 0. The predicted octanol–water partition coefficient (Wildman–Crippen LogP) is 1.58. The second-order valence-electron chi connectivity index (χ2n) is 1.48. The van der Waals surface area contributed by atoms with E-state index in [2.05, 4.69) is 24.3 Å². The summed E-state index contributed by atoms with van der Waals surface area (Å²) < 4.78 is 0. The molecule has 0 saturated heterocycles. The van der Waals surface area contributed by atoms with Gasteiger partial charge in [0.1, 0.15) is 0 Å². The van der Waals surface area contributed by atoms with Crippen LogP contribution in [0.25, 0.3) is 0 Å². The lowest BCUT2D eigenvalue weighted by atomic mass is 10.4. The fourth-order valence-corrected chi connectivity index (χ4v) is 0.521. The molecule has 3 radical (unpaired) electrons. The molecule has 41 valence electrons. The lowest BCUT2D eigenvalue weighted by Gasteiger charge is -1.69. The van der Waals surface area contributed by atoms with Crippen LogP contribution in [-0.4, -0.2) is 0 Å². The molecule has 0 bridgehead atoms. The molecule has 1 aliphatic rings. The van der Waals surface area contributed by atoms with Gasteiger partial charge in [0, 0.05) is 6.15 Å². The Hall–Kier alpha value is -0.820. The number of nitrogens with zero attached hydrogens (tertiary/aromatic N) is 1. The standard InChI is InChI=1S/C7H8.N/c1-2-4-6-7-5-3-1;/h1-6H,7H2;. The molecule has 1 rings (SSSR count). The first-order valence-corrected chi connectivity index (χ1v) is 2.48. The van der Waals surface area contributed by atoms with E-state index in [4.69, 9.17) is 0 Å². The highest BCUT2D eigenvalue weighted by Crippen LogP contribution is 1.91. The molecule has 0 saturated carbocycles. The van der Waals surface area contributed by atoms with Gasteiger partial charge in [-0.25, -0.2) is 0 Å². The fraction of sp³-hybridized carbons (Fsp3) is 0.143. The highest BCUT2D eigenvalue weighted by atomic mass is 14.0. The molecule has 0 unspecified atom stereocenters. The van der Waals surface area contributed by atoms with Crippen LogP contribution in [0.2, 0.25) is 0 Å². The van der Waals surface area contributed by atoms with Crippen molar-refractivity contribution in [3.8, 4) is 0 Å². The predicted molar refractivity (Wildman–Crippen MR) is 34.2 cm³/mol. The van der Waals surface area contributed by atoms with E-state index in [1.54, 1.807) is 0 Å². The van der Waals surface area contributed by atoms with Gasteiger partial charge in [-0.15, -0.1) is 0 Å². The van der Waals surface area contributed by atoms with Crippen molar-refractivity contribution in [3.63, 3.8) is 0 Å².